The second-order valence-corrected chi connectivity index (χ2v) is 5.34. The van der Waals surface area contributed by atoms with Gasteiger partial charge in [0.15, 0.2) is 0 Å². The Bertz CT molecular complexity index is 461. The summed E-state index contributed by atoms with van der Waals surface area (Å²) >= 11 is 5.00. The number of thioether (sulfide) groups is 1. The van der Waals surface area contributed by atoms with Gasteiger partial charge < -0.3 is 4.90 Å². The molecule has 2 rings (SSSR count). The van der Waals surface area contributed by atoms with Gasteiger partial charge in [0.25, 0.3) is 11.7 Å². The molecule has 84 valence electrons. The molecule has 0 saturated carbocycles. The first kappa shape index (κ1) is 11.7. The number of hydrogen-bond donors (Lipinski definition) is 0. The SMILES string of the molecule is CSCCN1C(=O)C(=O)c2ccc(Br)cc21. The number of carbonyl (C=O) groups excluding carboxylic acids is 2. The van der Waals surface area contributed by atoms with E-state index >= 15 is 0 Å². The molecule has 1 aliphatic rings. The normalized spacial score (nSPS) is 14.5. The van der Waals surface area contributed by atoms with E-state index in [-0.39, 0.29) is 0 Å². The van der Waals surface area contributed by atoms with Crippen molar-refractivity contribution in [1.29, 1.82) is 0 Å². The van der Waals surface area contributed by atoms with Gasteiger partial charge in [0.1, 0.15) is 0 Å². The molecule has 0 atom stereocenters. The quantitative estimate of drug-likeness (QED) is 0.804. The zero-order chi connectivity index (χ0) is 11.7. The zero-order valence-corrected chi connectivity index (χ0v) is 11.1. The first-order chi connectivity index (χ1) is 7.65. The summed E-state index contributed by atoms with van der Waals surface area (Å²) in [7, 11) is 0. The standard InChI is InChI=1S/C11H10BrNO2S/c1-16-5-4-13-9-6-7(12)2-3-8(9)10(14)11(13)15/h2-3,6H,4-5H2,1H3. The molecule has 0 bridgehead atoms. The summed E-state index contributed by atoms with van der Waals surface area (Å²) in [5.41, 5.74) is 1.23. The highest BCUT2D eigenvalue weighted by molar-refractivity contribution is 9.10. The molecule has 0 fully saturated rings. The van der Waals surface area contributed by atoms with Gasteiger partial charge in [-0.25, -0.2) is 0 Å². The van der Waals surface area contributed by atoms with Crippen LogP contribution in [0.1, 0.15) is 10.4 Å². The Balaban J connectivity index is 2.39. The van der Waals surface area contributed by atoms with Gasteiger partial charge in [-0.1, -0.05) is 15.9 Å². The summed E-state index contributed by atoms with van der Waals surface area (Å²) in [6, 6.07) is 5.29. The molecule has 0 N–H and O–H groups in total. The molecule has 0 spiro atoms. The highest BCUT2D eigenvalue weighted by Gasteiger charge is 2.35. The fraction of sp³-hybridized carbons (Fsp3) is 0.273. The second-order valence-electron chi connectivity index (χ2n) is 3.44. The van der Waals surface area contributed by atoms with Crippen molar-refractivity contribution >= 4 is 45.1 Å². The van der Waals surface area contributed by atoms with Crippen molar-refractivity contribution < 1.29 is 9.59 Å². The summed E-state index contributed by atoms with van der Waals surface area (Å²) in [4.78, 5) is 25.0. The summed E-state index contributed by atoms with van der Waals surface area (Å²) in [6.45, 7) is 0.579. The van der Waals surface area contributed by atoms with Crippen molar-refractivity contribution in [2.45, 2.75) is 0 Å². The van der Waals surface area contributed by atoms with Gasteiger partial charge in [0.2, 0.25) is 0 Å². The molecule has 5 heteroatoms. The molecular formula is C11H10BrNO2S. The summed E-state index contributed by atoms with van der Waals surface area (Å²) in [6.07, 6.45) is 1.98. The molecule has 1 amide bonds. The number of hydrogen-bond acceptors (Lipinski definition) is 3. The number of carbonyl (C=O) groups is 2. The van der Waals surface area contributed by atoms with E-state index in [1.807, 2.05) is 12.3 Å². The average Bonchev–Trinajstić information content (AvgIpc) is 2.50. The van der Waals surface area contributed by atoms with Crippen LogP contribution in [0.5, 0.6) is 0 Å². The Morgan fingerprint density at radius 3 is 2.81 bits per heavy atom. The first-order valence-electron chi connectivity index (χ1n) is 4.80. The molecular weight excluding hydrogens is 290 g/mol. The van der Waals surface area contributed by atoms with Gasteiger partial charge in [0.05, 0.1) is 11.3 Å². The summed E-state index contributed by atoms with van der Waals surface area (Å²) < 4.78 is 0.878. The largest absolute Gasteiger partial charge is 0.304 e. The van der Waals surface area contributed by atoms with E-state index in [0.717, 1.165) is 15.9 Å². The number of fused-ring (bicyclic) bond motifs is 1. The number of nitrogens with zero attached hydrogens (tertiary/aromatic N) is 1. The maximum Gasteiger partial charge on any atom is 0.299 e. The lowest BCUT2D eigenvalue weighted by Gasteiger charge is -2.15. The van der Waals surface area contributed by atoms with Gasteiger partial charge in [-0.05, 0) is 24.5 Å². The van der Waals surface area contributed by atoms with Gasteiger partial charge >= 0.3 is 0 Å². The molecule has 0 unspecified atom stereocenters. The van der Waals surface area contributed by atoms with Gasteiger partial charge in [-0.2, -0.15) is 11.8 Å². The maximum atomic E-state index is 11.7. The van der Waals surface area contributed by atoms with Crippen LogP contribution in [-0.4, -0.2) is 30.2 Å². The fourth-order valence-electron chi connectivity index (χ4n) is 1.67. The third-order valence-corrected chi connectivity index (χ3v) is 3.54. The van der Waals surface area contributed by atoms with Crippen LogP contribution in [0.15, 0.2) is 22.7 Å². The molecule has 1 aromatic rings. The van der Waals surface area contributed by atoms with Crippen LogP contribution in [0.2, 0.25) is 0 Å². The molecule has 0 radical (unpaired) electrons. The molecule has 0 aliphatic carbocycles. The van der Waals surface area contributed by atoms with Crippen molar-refractivity contribution in [2.75, 3.05) is 23.5 Å². The lowest BCUT2D eigenvalue weighted by Crippen LogP contribution is -2.31. The van der Waals surface area contributed by atoms with Crippen LogP contribution in [0, 0.1) is 0 Å². The zero-order valence-electron chi connectivity index (χ0n) is 8.70. The Hall–Kier alpha value is -0.810. The third kappa shape index (κ3) is 1.89. The van der Waals surface area contributed by atoms with Crippen LogP contribution in [0.4, 0.5) is 5.69 Å². The Labute approximate surface area is 106 Å². The molecule has 0 saturated heterocycles. The van der Waals surface area contributed by atoms with E-state index in [1.54, 1.807) is 28.8 Å². The average molecular weight is 300 g/mol. The molecule has 1 heterocycles. The van der Waals surface area contributed by atoms with E-state index in [0.29, 0.717) is 12.1 Å². The van der Waals surface area contributed by atoms with Gasteiger partial charge in [0, 0.05) is 16.8 Å². The molecule has 1 aromatic carbocycles. The number of rotatable bonds is 3. The smallest absolute Gasteiger partial charge is 0.299 e. The predicted octanol–water partition coefficient (Wildman–Crippen LogP) is 2.34. The van der Waals surface area contributed by atoms with E-state index in [4.69, 9.17) is 0 Å². The summed E-state index contributed by atoms with van der Waals surface area (Å²) in [5, 5.41) is 0. The highest BCUT2D eigenvalue weighted by atomic mass is 79.9. The van der Waals surface area contributed by atoms with Crippen molar-refractivity contribution in [3.8, 4) is 0 Å². The number of ketones is 1. The lowest BCUT2D eigenvalue weighted by atomic mass is 10.1. The molecule has 16 heavy (non-hydrogen) atoms. The predicted molar refractivity (Wildman–Crippen MR) is 69.2 cm³/mol. The fourth-order valence-corrected chi connectivity index (χ4v) is 2.39. The minimum atomic E-state index is -0.415. The van der Waals surface area contributed by atoms with E-state index in [2.05, 4.69) is 15.9 Å². The first-order valence-corrected chi connectivity index (χ1v) is 6.98. The van der Waals surface area contributed by atoms with Gasteiger partial charge in [-0.15, -0.1) is 0 Å². The Morgan fingerprint density at radius 2 is 2.12 bits per heavy atom. The van der Waals surface area contributed by atoms with Crippen molar-refractivity contribution in [1.82, 2.24) is 0 Å². The number of benzene rings is 1. The number of Topliss-reactive ketones (excluding diaryl/α,β-unsaturated/α-hetero) is 1. The second kappa shape index (κ2) is 4.59. The minimum Gasteiger partial charge on any atom is -0.304 e. The van der Waals surface area contributed by atoms with Crippen molar-refractivity contribution in [2.24, 2.45) is 0 Å². The van der Waals surface area contributed by atoms with Crippen LogP contribution >= 0.6 is 27.7 Å². The van der Waals surface area contributed by atoms with E-state index in [1.165, 1.54) is 0 Å². The van der Waals surface area contributed by atoms with E-state index in [9.17, 15) is 9.59 Å². The lowest BCUT2D eigenvalue weighted by molar-refractivity contribution is -0.114. The minimum absolute atomic E-state index is 0.399. The summed E-state index contributed by atoms with van der Waals surface area (Å²) in [5.74, 6) is 0.0103. The van der Waals surface area contributed by atoms with Crippen LogP contribution in [-0.2, 0) is 4.79 Å². The number of halogens is 1. The van der Waals surface area contributed by atoms with Crippen molar-refractivity contribution in [3.63, 3.8) is 0 Å². The third-order valence-electron chi connectivity index (χ3n) is 2.45. The molecule has 0 aromatic heterocycles. The van der Waals surface area contributed by atoms with Gasteiger partial charge in [-0.3, -0.25) is 9.59 Å². The van der Waals surface area contributed by atoms with Crippen LogP contribution in [0.25, 0.3) is 0 Å². The Kier molecular flexibility index (Phi) is 3.35. The molecule has 3 nitrogen and oxygen atoms in total. The van der Waals surface area contributed by atoms with Crippen molar-refractivity contribution in [3.05, 3.63) is 28.2 Å². The van der Waals surface area contributed by atoms with E-state index < -0.39 is 11.7 Å². The van der Waals surface area contributed by atoms with Crippen LogP contribution in [0.3, 0.4) is 0 Å². The molecule has 1 aliphatic heterocycles. The Morgan fingerprint density at radius 1 is 1.38 bits per heavy atom. The maximum absolute atomic E-state index is 11.7. The highest BCUT2D eigenvalue weighted by Crippen LogP contribution is 2.31. The van der Waals surface area contributed by atoms with Crippen LogP contribution < -0.4 is 4.90 Å². The number of anilines is 1. The topological polar surface area (TPSA) is 37.4 Å². The number of amides is 1. The monoisotopic (exact) mass is 299 g/mol.